The van der Waals surface area contributed by atoms with Crippen LogP contribution >= 0.6 is 11.6 Å². The lowest BCUT2D eigenvalue weighted by molar-refractivity contribution is 0.415. The lowest BCUT2D eigenvalue weighted by atomic mass is 10.2. The summed E-state index contributed by atoms with van der Waals surface area (Å²) in [5, 5.41) is 29.0. The Morgan fingerprint density at radius 3 is 2.50 bits per heavy atom. The number of ether oxygens (including phenoxy) is 1. The van der Waals surface area contributed by atoms with Crippen LogP contribution in [0.3, 0.4) is 0 Å². The van der Waals surface area contributed by atoms with Gasteiger partial charge in [0.2, 0.25) is 0 Å². The first-order chi connectivity index (χ1) is 8.67. The Morgan fingerprint density at radius 2 is 2.00 bits per heavy atom. The van der Waals surface area contributed by atoms with Crippen LogP contribution < -0.4 is 10.1 Å². The lowest BCUT2D eigenvalue weighted by Crippen LogP contribution is -1.96. The van der Waals surface area contributed by atoms with Crippen LogP contribution in [0.5, 0.6) is 5.75 Å². The molecule has 0 aliphatic heterocycles. The number of halogens is 1. The number of hydrogen-bond acceptors (Lipinski definition) is 5. The molecule has 1 aromatic carbocycles. The molecule has 0 aromatic heterocycles. The van der Waals surface area contributed by atoms with E-state index in [4.69, 9.17) is 32.1 Å². The first kappa shape index (κ1) is 13.4. The third-order valence-corrected chi connectivity index (χ3v) is 2.42. The molecule has 0 bridgehead atoms. The van der Waals surface area contributed by atoms with Gasteiger partial charge in [0.05, 0.1) is 18.4 Å². The Hall–Kier alpha value is -2.68. The molecule has 0 radical (unpaired) electrons. The third kappa shape index (κ3) is 2.71. The molecule has 18 heavy (non-hydrogen) atoms. The fourth-order valence-electron chi connectivity index (χ4n) is 1.18. The Morgan fingerprint density at radius 1 is 1.33 bits per heavy atom. The standard InChI is InChI=1S/C12H7ClN4O/c1-18-10-3-2-9(6-16)12(11(10)13)17-7-8(4-14)5-15/h2-3,7,17H,1H3. The predicted molar refractivity (Wildman–Crippen MR) is 65.7 cm³/mol. The fourth-order valence-corrected chi connectivity index (χ4v) is 1.48. The number of benzene rings is 1. The van der Waals surface area contributed by atoms with E-state index in [9.17, 15) is 0 Å². The number of rotatable bonds is 3. The molecule has 1 N–H and O–H groups in total. The van der Waals surface area contributed by atoms with Crippen molar-refractivity contribution in [3.8, 4) is 24.0 Å². The summed E-state index contributed by atoms with van der Waals surface area (Å²) in [4.78, 5) is 0. The van der Waals surface area contributed by atoms with Crippen LogP contribution in [0.25, 0.3) is 0 Å². The van der Waals surface area contributed by atoms with Crippen molar-refractivity contribution in [2.45, 2.75) is 0 Å². The molecule has 1 rings (SSSR count). The van der Waals surface area contributed by atoms with Gasteiger partial charge in [-0.25, -0.2) is 0 Å². The second-order valence-corrected chi connectivity index (χ2v) is 3.42. The highest BCUT2D eigenvalue weighted by Gasteiger charge is 2.11. The maximum Gasteiger partial charge on any atom is 0.145 e. The highest BCUT2D eigenvalue weighted by molar-refractivity contribution is 6.35. The summed E-state index contributed by atoms with van der Waals surface area (Å²) in [5.41, 5.74) is 0.451. The van der Waals surface area contributed by atoms with Crippen molar-refractivity contribution in [2.24, 2.45) is 0 Å². The normalized spacial score (nSPS) is 8.39. The van der Waals surface area contributed by atoms with E-state index in [0.29, 0.717) is 11.4 Å². The lowest BCUT2D eigenvalue weighted by Gasteiger charge is -2.10. The van der Waals surface area contributed by atoms with Crippen molar-refractivity contribution in [1.29, 1.82) is 15.8 Å². The number of nitrogens with one attached hydrogen (secondary N) is 1. The molecule has 5 nitrogen and oxygen atoms in total. The van der Waals surface area contributed by atoms with Gasteiger partial charge in [-0.15, -0.1) is 0 Å². The number of nitrogens with zero attached hydrogens (tertiary/aromatic N) is 3. The van der Waals surface area contributed by atoms with Crippen LogP contribution in [0.1, 0.15) is 5.56 Å². The van der Waals surface area contributed by atoms with Gasteiger partial charge in [-0.2, -0.15) is 15.8 Å². The van der Waals surface area contributed by atoms with E-state index in [0.717, 1.165) is 0 Å². The molecule has 0 saturated heterocycles. The highest BCUT2D eigenvalue weighted by Crippen LogP contribution is 2.34. The number of hydrogen-bond donors (Lipinski definition) is 1. The van der Waals surface area contributed by atoms with Gasteiger partial charge in [0, 0.05) is 6.20 Å². The van der Waals surface area contributed by atoms with Gasteiger partial charge in [-0.3, -0.25) is 0 Å². The Kier molecular flexibility index (Phi) is 4.58. The van der Waals surface area contributed by atoms with Gasteiger partial charge in [-0.05, 0) is 12.1 Å². The molecule has 0 amide bonds. The molecule has 0 spiro atoms. The van der Waals surface area contributed by atoms with Gasteiger partial charge in [0.25, 0.3) is 0 Å². The van der Waals surface area contributed by atoms with E-state index >= 15 is 0 Å². The van der Waals surface area contributed by atoms with E-state index < -0.39 is 0 Å². The van der Waals surface area contributed by atoms with Crippen molar-refractivity contribution >= 4 is 17.3 Å². The Bertz CT molecular complexity index is 601. The van der Waals surface area contributed by atoms with Crippen LogP contribution in [0.4, 0.5) is 5.69 Å². The van der Waals surface area contributed by atoms with Crippen molar-refractivity contribution < 1.29 is 4.74 Å². The summed E-state index contributed by atoms with van der Waals surface area (Å²) in [6.45, 7) is 0. The van der Waals surface area contributed by atoms with Gasteiger partial charge in [-0.1, -0.05) is 11.6 Å². The summed E-state index contributed by atoms with van der Waals surface area (Å²) in [5.74, 6) is 0.391. The molecule has 0 heterocycles. The van der Waals surface area contributed by atoms with Crippen molar-refractivity contribution in [3.63, 3.8) is 0 Å². The van der Waals surface area contributed by atoms with Crippen LogP contribution in [-0.2, 0) is 0 Å². The molecule has 88 valence electrons. The summed E-state index contributed by atoms with van der Waals surface area (Å²) < 4.78 is 5.01. The minimum Gasteiger partial charge on any atom is -0.495 e. The summed E-state index contributed by atoms with van der Waals surface area (Å²) in [6.07, 6.45) is 1.18. The zero-order chi connectivity index (χ0) is 13.5. The van der Waals surface area contributed by atoms with Crippen LogP contribution in [0, 0.1) is 34.0 Å². The number of methoxy groups -OCH3 is 1. The molecule has 0 saturated carbocycles. The average Bonchev–Trinajstić information content (AvgIpc) is 2.41. The minimum absolute atomic E-state index is 0.127. The average molecular weight is 259 g/mol. The maximum atomic E-state index is 8.95. The summed E-state index contributed by atoms with van der Waals surface area (Å²) >= 11 is 6.03. The topological polar surface area (TPSA) is 92.6 Å². The smallest absolute Gasteiger partial charge is 0.145 e. The number of anilines is 1. The van der Waals surface area contributed by atoms with Crippen LogP contribution in [0.15, 0.2) is 23.9 Å². The zero-order valence-electron chi connectivity index (χ0n) is 9.36. The molecule has 0 aliphatic carbocycles. The molecular weight excluding hydrogens is 252 g/mol. The van der Waals surface area contributed by atoms with Crippen LogP contribution in [0.2, 0.25) is 5.02 Å². The quantitative estimate of drug-likeness (QED) is 0.841. The van der Waals surface area contributed by atoms with Gasteiger partial charge >= 0.3 is 0 Å². The summed E-state index contributed by atoms with van der Waals surface area (Å²) in [6, 6.07) is 8.41. The monoisotopic (exact) mass is 258 g/mol. The number of allylic oxidation sites excluding steroid dienone is 1. The first-order valence-electron chi connectivity index (χ1n) is 4.71. The minimum atomic E-state index is -0.127. The van der Waals surface area contributed by atoms with E-state index in [-0.39, 0.29) is 16.2 Å². The Labute approximate surface area is 109 Å². The van der Waals surface area contributed by atoms with E-state index in [1.54, 1.807) is 18.2 Å². The SMILES string of the molecule is COc1ccc(C#N)c(NC=C(C#N)C#N)c1Cl. The largest absolute Gasteiger partial charge is 0.495 e. The summed E-state index contributed by atoms with van der Waals surface area (Å²) in [7, 11) is 1.45. The fraction of sp³-hybridized carbons (Fsp3) is 0.0833. The highest BCUT2D eigenvalue weighted by atomic mass is 35.5. The van der Waals surface area contributed by atoms with Gasteiger partial charge in [0.15, 0.2) is 0 Å². The van der Waals surface area contributed by atoms with E-state index in [1.165, 1.54) is 19.4 Å². The van der Waals surface area contributed by atoms with Gasteiger partial charge in [0.1, 0.15) is 34.6 Å². The second kappa shape index (κ2) is 6.15. The zero-order valence-corrected chi connectivity index (χ0v) is 10.1. The molecule has 6 heteroatoms. The molecule has 0 unspecified atom stereocenters. The predicted octanol–water partition coefficient (Wildman–Crippen LogP) is 2.56. The van der Waals surface area contributed by atoms with E-state index in [1.807, 2.05) is 6.07 Å². The van der Waals surface area contributed by atoms with Crippen molar-refractivity contribution in [2.75, 3.05) is 12.4 Å². The maximum absolute atomic E-state index is 8.95. The van der Waals surface area contributed by atoms with E-state index in [2.05, 4.69) is 5.32 Å². The molecule has 0 atom stereocenters. The van der Waals surface area contributed by atoms with Crippen molar-refractivity contribution in [3.05, 3.63) is 34.5 Å². The van der Waals surface area contributed by atoms with Gasteiger partial charge < -0.3 is 10.1 Å². The third-order valence-electron chi connectivity index (χ3n) is 2.05. The Balaban J connectivity index is 3.24. The van der Waals surface area contributed by atoms with Crippen molar-refractivity contribution in [1.82, 2.24) is 0 Å². The number of nitriles is 3. The molecule has 0 fully saturated rings. The molecule has 1 aromatic rings. The first-order valence-corrected chi connectivity index (χ1v) is 5.09. The second-order valence-electron chi connectivity index (χ2n) is 3.04. The molecule has 0 aliphatic rings. The molecular formula is C12H7ClN4O. The van der Waals surface area contributed by atoms with Crippen LogP contribution in [-0.4, -0.2) is 7.11 Å².